The van der Waals surface area contributed by atoms with Gasteiger partial charge in [0.1, 0.15) is 6.26 Å². The molecule has 160 valence electrons. The highest BCUT2D eigenvalue weighted by molar-refractivity contribution is 6.49. The van der Waals surface area contributed by atoms with Gasteiger partial charge >= 0.3 is 12.0 Å². The number of ether oxygens (including phenoxy) is 1. The summed E-state index contributed by atoms with van der Waals surface area (Å²) in [6.45, 7) is 12.8. The van der Waals surface area contributed by atoms with Crippen LogP contribution in [0.15, 0.2) is 66.2 Å². The highest BCUT2D eigenvalue weighted by Crippen LogP contribution is 2.26. The van der Waals surface area contributed by atoms with Crippen molar-refractivity contribution in [2.75, 3.05) is 18.0 Å². The fourth-order valence-electron chi connectivity index (χ4n) is 2.89. The summed E-state index contributed by atoms with van der Waals surface area (Å²) in [7, 11) is 0. The lowest BCUT2D eigenvalue weighted by atomic mass is 10.1. The lowest BCUT2D eigenvalue weighted by Gasteiger charge is -2.21. The molecular formula is C22H25ClN2O5. The molecule has 1 aliphatic rings. The number of anilines is 1. The van der Waals surface area contributed by atoms with Crippen LogP contribution >= 0.6 is 11.6 Å². The number of amides is 2. The maximum atomic E-state index is 12.2. The van der Waals surface area contributed by atoms with Gasteiger partial charge in [0.25, 0.3) is 0 Å². The summed E-state index contributed by atoms with van der Waals surface area (Å²) in [6.07, 6.45) is 3.39. The Morgan fingerprint density at radius 3 is 2.37 bits per heavy atom. The molecule has 2 amide bonds. The predicted octanol–water partition coefficient (Wildman–Crippen LogP) is 5.32. The van der Waals surface area contributed by atoms with Crippen molar-refractivity contribution in [3.8, 4) is 0 Å². The zero-order valence-corrected chi connectivity index (χ0v) is 18.2. The summed E-state index contributed by atoms with van der Waals surface area (Å²) in [5.74, 6) is -0.925. The molecule has 0 unspecified atom stereocenters. The van der Waals surface area contributed by atoms with Gasteiger partial charge in [-0.1, -0.05) is 41.5 Å². The number of cyclic esters (lactones) is 1. The van der Waals surface area contributed by atoms with E-state index in [4.69, 9.17) is 16.3 Å². The molecule has 0 N–H and O–H groups in total. The Bertz CT molecular complexity index is 899. The van der Waals surface area contributed by atoms with Gasteiger partial charge in [-0.25, -0.2) is 4.79 Å². The van der Waals surface area contributed by atoms with Crippen LogP contribution in [0, 0.1) is 0 Å². The average molecular weight is 433 g/mol. The molecule has 0 spiro atoms. The number of hydroxylamine groups is 2. The third-order valence-corrected chi connectivity index (χ3v) is 4.68. The minimum absolute atomic E-state index is 0.153. The van der Waals surface area contributed by atoms with Crippen molar-refractivity contribution in [2.24, 2.45) is 0 Å². The van der Waals surface area contributed by atoms with Gasteiger partial charge in [0.05, 0.1) is 0 Å². The Morgan fingerprint density at radius 1 is 1.17 bits per heavy atom. The maximum absolute atomic E-state index is 12.2. The topological polar surface area (TPSA) is 68.3 Å². The van der Waals surface area contributed by atoms with Crippen molar-refractivity contribution in [2.45, 2.75) is 27.7 Å². The molecule has 1 aliphatic heterocycles. The van der Waals surface area contributed by atoms with E-state index in [1.54, 1.807) is 19.1 Å². The Labute approximate surface area is 181 Å². The summed E-state index contributed by atoms with van der Waals surface area (Å²) in [5.41, 5.74) is 3.21. The molecule has 0 radical (unpaired) electrons. The number of hydrogen-bond donors (Lipinski definition) is 0. The number of imide groups is 1. The van der Waals surface area contributed by atoms with E-state index in [2.05, 4.69) is 35.2 Å². The van der Waals surface area contributed by atoms with Crippen molar-refractivity contribution in [1.29, 1.82) is 0 Å². The Morgan fingerprint density at radius 2 is 1.80 bits per heavy atom. The number of hydrogen-bond acceptors (Lipinski definition) is 6. The number of allylic oxidation sites excluding steroid dienone is 4. The molecule has 7 nitrogen and oxygen atoms in total. The number of halogens is 1. The molecule has 1 aromatic rings. The minimum atomic E-state index is -0.996. The van der Waals surface area contributed by atoms with Crippen LogP contribution in [0.2, 0.25) is 0 Å². The monoisotopic (exact) mass is 432 g/mol. The van der Waals surface area contributed by atoms with E-state index < -0.39 is 12.0 Å². The van der Waals surface area contributed by atoms with Gasteiger partial charge in [0.2, 0.25) is 5.76 Å². The summed E-state index contributed by atoms with van der Waals surface area (Å²) in [4.78, 5) is 35.1. The molecule has 1 saturated heterocycles. The van der Waals surface area contributed by atoms with Crippen LogP contribution in [0.1, 0.15) is 33.3 Å². The molecule has 0 aliphatic carbocycles. The van der Waals surface area contributed by atoms with E-state index in [1.165, 1.54) is 0 Å². The Kier molecular flexibility index (Phi) is 8.26. The number of nitrogens with zero attached hydrogens (tertiary/aromatic N) is 2. The standard InChI is InChI=1S/C22H25ClN2O5/c1-6-24(7-2)18-11-9-17(10-12-18)19(23)14-15(4)13-16(5)20-21(26)25(22(27)29-20)30-28-8-3/h8-14H,3,6-7H2,1-2,4-5H3/b15-13+,19-14-,20-16+. The minimum Gasteiger partial charge on any atom is -0.402 e. The quantitative estimate of drug-likeness (QED) is 0.173. The lowest BCUT2D eigenvalue weighted by molar-refractivity contribution is -0.356. The Hall–Kier alpha value is -3.03. The van der Waals surface area contributed by atoms with Crippen molar-refractivity contribution in [3.05, 3.63) is 71.7 Å². The second-order valence-corrected chi connectivity index (χ2v) is 6.82. The second-order valence-electron chi connectivity index (χ2n) is 6.42. The van der Waals surface area contributed by atoms with E-state index in [-0.39, 0.29) is 5.76 Å². The van der Waals surface area contributed by atoms with Gasteiger partial charge < -0.3 is 14.5 Å². The van der Waals surface area contributed by atoms with Crippen molar-refractivity contribution >= 4 is 34.3 Å². The van der Waals surface area contributed by atoms with Crippen LogP contribution in [-0.4, -0.2) is 30.2 Å². The molecular weight excluding hydrogens is 408 g/mol. The summed E-state index contributed by atoms with van der Waals surface area (Å²) < 4.78 is 4.97. The molecule has 0 bridgehead atoms. The summed E-state index contributed by atoms with van der Waals surface area (Å²) in [5, 5.41) is 0.913. The molecule has 1 fully saturated rings. The van der Waals surface area contributed by atoms with E-state index in [0.29, 0.717) is 15.7 Å². The third kappa shape index (κ3) is 5.52. The second kappa shape index (κ2) is 10.7. The first-order valence-electron chi connectivity index (χ1n) is 9.44. The van der Waals surface area contributed by atoms with Gasteiger partial charge in [-0.05, 0) is 67.6 Å². The number of benzene rings is 1. The van der Waals surface area contributed by atoms with Gasteiger partial charge in [-0.15, -0.1) is 0 Å². The van der Waals surface area contributed by atoms with Crippen LogP contribution in [0.5, 0.6) is 0 Å². The molecule has 0 aromatic heterocycles. The van der Waals surface area contributed by atoms with Gasteiger partial charge in [-0.3, -0.25) is 4.79 Å². The summed E-state index contributed by atoms with van der Waals surface area (Å²) in [6, 6.07) is 7.98. The zero-order valence-electron chi connectivity index (χ0n) is 17.5. The van der Waals surface area contributed by atoms with E-state index in [1.807, 2.05) is 31.2 Å². The van der Waals surface area contributed by atoms with Gasteiger partial charge in [-0.2, -0.15) is 0 Å². The van der Waals surface area contributed by atoms with Gasteiger partial charge in [0, 0.05) is 23.8 Å². The highest BCUT2D eigenvalue weighted by atomic mass is 35.5. The van der Waals surface area contributed by atoms with Crippen LogP contribution in [0.4, 0.5) is 10.5 Å². The van der Waals surface area contributed by atoms with Crippen LogP contribution < -0.4 is 4.90 Å². The first kappa shape index (κ1) is 23.3. The number of carbonyl (C=O) groups is 2. The molecule has 0 saturated carbocycles. The van der Waals surface area contributed by atoms with Crippen LogP contribution in [0.25, 0.3) is 5.03 Å². The number of carbonyl (C=O) groups excluding carboxylic acids is 2. The van der Waals surface area contributed by atoms with E-state index in [9.17, 15) is 9.59 Å². The predicted molar refractivity (Wildman–Crippen MR) is 116 cm³/mol. The smallest absolute Gasteiger partial charge is 0.402 e. The van der Waals surface area contributed by atoms with Gasteiger partial charge in [0.15, 0.2) is 0 Å². The molecule has 0 atom stereocenters. The maximum Gasteiger partial charge on any atom is 0.450 e. The fourth-order valence-corrected chi connectivity index (χ4v) is 3.18. The molecule has 1 heterocycles. The molecule has 30 heavy (non-hydrogen) atoms. The zero-order chi connectivity index (χ0) is 22.3. The fraction of sp³-hybridized carbons (Fsp3) is 0.273. The van der Waals surface area contributed by atoms with E-state index >= 15 is 0 Å². The first-order valence-corrected chi connectivity index (χ1v) is 9.82. The van der Waals surface area contributed by atoms with Crippen LogP contribution in [0.3, 0.4) is 0 Å². The van der Waals surface area contributed by atoms with Crippen molar-refractivity contribution in [1.82, 2.24) is 5.06 Å². The largest absolute Gasteiger partial charge is 0.450 e. The van der Waals surface area contributed by atoms with Crippen LogP contribution in [-0.2, 0) is 19.4 Å². The first-order chi connectivity index (χ1) is 14.3. The SMILES string of the molecule is C=COON1C(=O)O/C(=C(C)/C=C(C)/C=C(\Cl)c2ccc(N(CC)CC)cc2)C1=O. The van der Waals surface area contributed by atoms with Crippen molar-refractivity contribution in [3.63, 3.8) is 0 Å². The normalized spacial score (nSPS) is 16.5. The number of rotatable bonds is 9. The van der Waals surface area contributed by atoms with E-state index in [0.717, 1.165) is 36.2 Å². The summed E-state index contributed by atoms with van der Waals surface area (Å²) >= 11 is 6.46. The molecule has 1 aromatic carbocycles. The Balaban J connectivity index is 2.19. The average Bonchev–Trinajstić information content (AvgIpc) is 3.01. The molecule has 2 rings (SSSR count). The lowest BCUT2D eigenvalue weighted by Crippen LogP contribution is -2.28. The third-order valence-electron chi connectivity index (χ3n) is 4.35. The molecule has 8 heteroatoms. The van der Waals surface area contributed by atoms with Crippen molar-refractivity contribution < 1.29 is 24.2 Å². The highest BCUT2D eigenvalue weighted by Gasteiger charge is 2.40.